The molecule has 2 heteroatoms. The first-order valence-corrected chi connectivity index (χ1v) is 8.12. The number of hydrogen-bond donors (Lipinski definition) is 1. The van der Waals surface area contributed by atoms with Gasteiger partial charge in [0.2, 0.25) is 0 Å². The molecule has 2 nitrogen and oxygen atoms in total. The maximum atomic E-state index is 6.32. The van der Waals surface area contributed by atoms with Crippen LogP contribution >= 0.6 is 0 Å². The number of fused-ring (bicyclic) bond motifs is 3. The number of benzene rings is 2. The van der Waals surface area contributed by atoms with Gasteiger partial charge >= 0.3 is 0 Å². The molecule has 2 atom stereocenters. The van der Waals surface area contributed by atoms with Crippen LogP contribution in [0.25, 0.3) is 10.8 Å². The van der Waals surface area contributed by atoms with Gasteiger partial charge in [0.05, 0.1) is 0 Å². The minimum absolute atomic E-state index is 0.0189. The summed E-state index contributed by atoms with van der Waals surface area (Å²) in [5.74, 6) is 1.03. The van der Waals surface area contributed by atoms with E-state index in [4.69, 9.17) is 4.74 Å². The highest BCUT2D eigenvalue weighted by atomic mass is 16.5. The van der Waals surface area contributed by atoms with E-state index in [1.54, 1.807) is 0 Å². The Kier molecular flexibility index (Phi) is 3.48. The summed E-state index contributed by atoms with van der Waals surface area (Å²) in [7, 11) is 0. The SMILES string of the molecule is CC(C)(C)C1NC(C(C)(C)C)c2c(ccc3ccccc23)O1. The minimum Gasteiger partial charge on any atom is -0.474 e. The van der Waals surface area contributed by atoms with Crippen molar-refractivity contribution in [1.82, 2.24) is 5.32 Å². The van der Waals surface area contributed by atoms with E-state index in [-0.39, 0.29) is 23.1 Å². The molecule has 3 rings (SSSR count). The third-order valence-electron chi connectivity index (χ3n) is 4.43. The smallest absolute Gasteiger partial charge is 0.155 e. The van der Waals surface area contributed by atoms with E-state index < -0.39 is 0 Å². The summed E-state index contributed by atoms with van der Waals surface area (Å²) >= 11 is 0. The fourth-order valence-electron chi connectivity index (χ4n) is 3.18. The van der Waals surface area contributed by atoms with Crippen LogP contribution in [0.15, 0.2) is 36.4 Å². The van der Waals surface area contributed by atoms with Crippen LogP contribution in [0.3, 0.4) is 0 Å². The van der Waals surface area contributed by atoms with E-state index >= 15 is 0 Å². The number of nitrogens with one attached hydrogen (secondary N) is 1. The molecule has 0 amide bonds. The lowest BCUT2D eigenvalue weighted by Gasteiger charge is -2.45. The quantitative estimate of drug-likeness (QED) is 0.714. The van der Waals surface area contributed by atoms with E-state index in [1.807, 2.05) is 0 Å². The van der Waals surface area contributed by atoms with Gasteiger partial charge in [-0.25, -0.2) is 0 Å². The van der Waals surface area contributed by atoms with Gasteiger partial charge < -0.3 is 4.74 Å². The fraction of sp³-hybridized carbons (Fsp3) is 0.500. The number of ether oxygens (including phenoxy) is 1. The van der Waals surface area contributed by atoms with E-state index in [2.05, 4.69) is 83.3 Å². The molecule has 0 fully saturated rings. The summed E-state index contributed by atoms with van der Waals surface area (Å²) in [5, 5.41) is 6.32. The standard InChI is InChI=1S/C20H27NO/c1-19(2,3)17-16-14-10-8-7-9-13(14)11-12-15(16)22-18(21-17)20(4,5)6/h7-12,17-18,21H,1-6H3. The molecule has 0 saturated carbocycles. The van der Waals surface area contributed by atoms with Crippen molar-refractivity contribution in [3.05, 3.63) is 42.0 Å². The summed E-state index contributed by atoms with van der Waals surface area (Å²) in [6.45, 7) is 13.5. The van der Waals surface area contributed by atoms with Gasteiger partial charge in [0, 0.05) is 17.0 Å². The molecule has 118 valence electrons. The molecule has 0 saturated heterocycles. The van der Waals surface area contributed by atoms with Gasteiger partial charge in [-0.05, 0) is 22.3 Å². The molecule has 0 bridgehead atoms. The van der Waals surface area contributed by atoms with Crippen molar-refractivity contribution in [2.75, 3.05) is 0 Å². The fourth-order valence-corrected chi connectivity index (χ4v) is 3.18. The largest absolute Gasteiger partial charge is 0.474 e. The average Bonchev–Trinajstić information content (AvgIpc) is 2.44. The molecule has 1 aliphatic rings. The van der Waals surface area contributed by atoms with Gasteiger partial charge in [-0.2, -0.15) is 0 Å². The third kappa shape index (κ3) is 2.61. The monoisotopic (exact) mass is 297 g/mol. The Hall–Kier alpha value is -1.54. The van der Waals surface area contributed by atoms with Gasteiger partial charge in [0.1, 0.15) is 5.75 Å². The first-order valence-electron chi connectivity index (χ1n) is 8.12. The number of hydrogen-bond acceptors (Lipinski definition) is 2. The number of rotatable bonds is 0. The van der Waals surface area contributed by atoms with Crippen LogP contribution in [0, 0.1) is 10.8 Å². The second-order valence-corrected chi connectivity index (χ2v) is 8.53. The first-order chi connectivity index (χ1) is 10.2. The van der Waals surface area contributed by atoms with Crippen LogP contribution in [0.4, 0.5) is 0 Å². The molecule has 2 aromatic carbocycles. The van der Waals surface area contributed by atoms with Gasteiger partial charge in [-0.15, -0.1) is 0 Å². The van der Waals surface area contributed by atoms with Gasteiger partial charge in [-0.3, -0.25) is 5.32 Å². The molecule has 22 heavy (non-hydrogen) atoms. The van der Waals surface area contributed by atoms with E-state index in [0.717, 1.165) is 5.75 Å². The van der Waals surface area contributed by atoms with Crippen molar-refractivity contribution in [2.45, 2.75) is 53.8 Å². The predicted octanol–water partition coefficient (Wildman–Crippen LogP) is 5.28. The highest BCUT2D eigenvalue weighted by Gasteiger charge is 2.40. The third-order valence-corrected chi connectivity index (χ3v) is 4.43. The molecule has 0 radical (unpaired) electrons. The van der Waals surface area contributed by atoms with Crippen molar-refractivity contribution >= 4 is 10.8 Å². The summed E-state index contributed by atoms with van der Waals surface area (Å²) in [5.41, 5.74) is 1.46. The molecule has 2 unspecified atom stereocenters. The lowest BCUT2D eigenvalue weighted by Crippen LogP contribution is -2.52. The summed E-state index contributed by atoms with van der Waals surface area (Å²) in [6.07, 6.45) is 0.0189. The molecule has 2 aromatic rings. The van der Waals surface area contributed by atoms with Crippen LogP contribution < -0.4 is 10.1 Å². The molecular weight excluding hydrogens is 270 g/mol. The van der Waals surface area contributed by atoms with E-state index in [0.29, 0.717) is 0 Å². The van der Waals surface area contributed by atoms with Gasteiger partial charge in [0.15, 0.2) is 6.23 Å². The minimum atomic E-state index is 0.0189. The molecule has 0 aliphatic carbocycles. The highest BCUT2D eigenvalue weighted by molar-refractivity contribution is 5.88. The lowest BCUT2D eigenvalue weighted by molar-refractivity contribution is 0.0105. The molecule has 1 aliphatic heterocycles. The topological polar surface area (TPSA) is 21.3 Å². The Bertz CT molecular complexity index is 691. The van der Waals surface area contributed by atoms with Crippen molar-refractivity contribution in [3.8, 4) is 5.75 Å². The molecular formula is C20H27NO. The van der Waals surface area contributed by atoms with Crippen molar-refractivity contribution in [3.63, 3.8) is 0 Å². The first kappa shape index (κ1) is 15.4. The Morgan fingerprint density at radius 3 is 2.18 bits per heavy atom. The average molecular weight is 297 g/mol. The maximum Gasteiger partial charge on any atom is 0.155 e. The zero-order valence-electron chi connectivity index (χ0n) is 14.5. The van der Waals surface area contributed by atoms with Crippen LogP contribution in [-0.4, -0.2) is 6.23 Å². The van der Waals surface area contributed by atoms with E-state index in [9.17, 15) is 0 Å². The van der Waals surface area contributed by atoms with Crippen LogP contribution in [0.1, 0.15) is 53.1 Å². The zero-order valence-corrected chi connectivity index (χ0v) is 14.5. The Balaban J connectivity index is 2.21. The van der Waals surface area contributed by atoms with Gasteiger partial charge in [0.25, 0.3) is 0 Å². The Morgan fingerprint density at radius 2 is 1.55 bits per heavy atom. The molecule has 1 N–H and O–H groups in total. The second-order valence-electron chi connectivity index (χ2n) is 8.53. The molecule has 0 spiro atoms. The zero-order chi connectivity index (χ0) is 16.1. The maximum absolute atomic E-state index is 6.32. The Labute approximate surface area is 133 Å². The lowest BCUT2D eigenvalue weighted by atomic mass is 9.78. The normalized spacial score (nSPS) is 22.3. The highest BCUT2D eigenvalue weighted by Crippen LogP contribution is 2.46. The second kappa shape index (κ2) is 4.99. The molecule has 1 heterocycles. The summed E-state index contributed by atoms with van der Waals surface area (Å²) < 4.78 is 6.32. The van der Waals surface area contributed by atoms with Crippen LogP contribution in [0.5, 0.6) is 5.75 Å². The Morgan fingerprint density at radius 1 is 0.864 bits per heavy atom. The van der Waals surface area contributed by atoms with E-state index in [1.165, 1.54) is 16.3 Å². The van der Waals surface area contributed by atoms with Crippen molar-refractivity contribution < 1.29 is 4.74 Å². The predicted molar refractivity (Wildman–Crippen MR) is 93.2 cm³/mol. The van der Waals surface area contributed by atoms with Crippen LogP contribution in [0.2, 0.25) is 0 Å². The summed E-state index contributed by atoms with van der Waals surface area (Å²) in [6, 6.07) is 13.1. The van der Waals surface area contributed by atoms with Crippen molar-refractivity contribution in [1.29, 1.82) is 0 Å². The van der Waals surface area contributed by atoms with Crippen molar-refractivity contribution in [2.24, 2.45) is 10.8 Å². The molecule has 0 aromatic heterocycles. The van der Waals surface area contributed by atoms with Crippen LogP contribution in [-0.2, 0) is 0 Å². The summed E-state index contributed by atoms with van der Waals surface area (Å²) in [4.78, 5) is 0. The van der Waals surface area contributed by atoms with Gasteiger partial charge in [-0.1, -0.05) is 71.9 Å².